The van der Waals surface area contributed by atoms with Crippen LogP contribution in [0, 0.1) is 5.92 Å². The van der Waals surface area contributed by atoms with Crippen LogP contribution in [-0.2, 0) is 9.53 Å². The molecule has 0 aromatic carbocycles. The lowest BCUT2D eigenvalue weighted by atomic mass is 9.93. The number of halogens is 4. The Labute approximate surface area is 107 Å². The summed E-state index contributed by atoms with van der Waals surface area (Å²) < 4.78 is 4.72. The third-order valence-electron chi connectivity index (χ3n) is 3.07. The minimum Gasteiger partial charge on any atom is -0.468 e. The summed E-state index contributed by atoms with van der Waals surface area (Å²) in [5, 5.41) is 0.828. The van der Waals surface area contributed by atoms with Crippen molar-refractivity contribution in [2.45, 2.75) is 22.6 Å². The molecule has 0 aliphatic heterocycles. The predicted molar refractivity (Wildman–Crippen MR) is 60.6 cm³/mol. The second kappa shape index (κ2) is 3.69. The van der Waals surface area contributed by atoms with Gasteiger partial charge in [0.25, 0.3) is 6.47 Å². The Morgan fingerprint density at radius 3 is 2.53 bits per heavy atom. The molecule has 0 heterocycles. The van der Waals surface area contributed by atoms with Gasteiger partial charge >= 0.3 is 0 Å². The molecule has 3 atom stereocenters. The highest BCUT2D eigenvalue weighted by Crippen LogP contribution is 2.65. The minimum atomic E-state index is -0.761. The fourth-order valence-corrected chi connectivity index (χ4v) is 4.16. The van der Waals surface area contributed by atoms with Crippen LogP contribution in [0.4, 0.5) is 0 Å². The monoisotopic (exact) mass is 288 g/mol. The molecule has 0 N–H and O–H groups in total. The molecule has 0 saturated heterocycles. The summed E-state index contributed by atoms with van der Waals surface area (Å²) in [6.45, 7) is 0.619. The fourth-order valence-electron chi connectivity index (χ4n) is 2.33. The van der Waals surface area contributed by atoms with Crippen LogP contribution in [0.25, 0.3) is 0 Å². The molecule has 2 bridgehead atoms. The van der Waals surface area contributed by atoms with Crippen molar-refractivity contribution in [1.82, 2.24) is 0 Å². The average molecular weight is 290 g/mol. The van der Waals surface area contributed by atoms with Crippen molar-refractivity contribution in [3.8, 4) is 0 Å². The summed E-state index contributed by atoms with van der Waals surface area (Å²) in [5.41, 5.74) is 0. The maximum Gasteiger partial charge on any atom is 0.293 e. The van der Waals surface area contributed by atoms with Crippen molar-refractivity contribution >= 4 is 52.9 Å². The molecule has 2 aliphatic rings. The normalized spacial score (nSPS) is 43.6. The quantitative estimate of drug-likeness (QED) is 0.589. The molecule has 2 rings (SSSR count). The standard InChI is InChI=1S/C9H8Cl4O2/c10-6-7(11)9(13)3-8(6,12)1-5(9)2-15-4-14/h4-5H,1-3H2/t5-,8-,9-/m0/s1. The van der Waals surface area contributed by atoms with Crippen LogP contribution in [0.2, 0.25) is 0 Å². The zero-order valence-corrected chi connectivity index (χ0v) is 10.6. The van der Waals surface area contributed by atoms with E-state index in [9.17, 15) is 4.79 Å². The lowest BCUT2D eigenvalue weighted by Crippen LogP contribution is -2.31. The van der Waals surface area contributed by atoms with Gasteiger partial charge in [0.15, 0.2) is 0 Å². The third-order valence-corrected chi connectivity index (χ3v) is 5.55. The molecule has 84 valence electrons. The Balaban J connectivity index is 2.26. The number of carbonyl (C=O) groups is 1. The van der Waals surface area contributed by atoms with E-state index in [0.29, 0.717) is 29.4 Å². The minimum absolute atomic E-state index is 0.0723. The van der Waals surface area contributed by atoms with Crippen LogP contribution in [0.1, 0.15) is 12.8 Å². The van der Waals surface area contributed by atoms with Gasteiger partial charge in [-0.3, -0.25) is 4.79 Å². The number of hydrogen-bond donors (Lipinski definition) is 0. The van der Waals surface area contributed by atoms with Crippen molar-refractivity contribution < 1.29 is 9.53 Å². The van der Waals surface area contributed by atoms with Crippen LogP contribution >= 0.6 is 46.4 Å². The number of fused-ring (bicyclic) bond motifs is 2. The van der Waals surface area contributed by atoms with Gasteiger partial charge in [0.1, 0.15) is 0 Å². The first-order chi connectivity index (χ1) is 6.94. The van der Waals surface area contributed by atoms with Crippen molar-refractivity contribution in [1.29, 1.82) is 0 Å². The van der Waals surface area contributed by atoms with Crippen LogP contribution in [0.5, 0.6) is 0 Å². The number of allylic oxidation sites excluding steroid dienone is 2. The number of carbonyl (C=O) groups excluding carboxylic acids is 1. The maximum atomic E-state index is 10.1. The summed E-state index contributed by atoms with van der Waals surface area (Å²) in [7, 11) is 0. The summed E-state index contributed by atoms with van der Waals surface area (Å²) in [4.78, 5) is 8.70. The highest BCUT2D eigenvalue weighted by molar-refractivity contribution is 6.50. The first kappa shape index (κ1) is 11.8. The van der Waals surface area contributed by atoms with Gasteiger partial charge in [-0.15, -0.1) is 23.2 Å². The Kier molecular flexibility index (Phi) is 2.92. The molecule has 1 fully saturated rings. The van der Waals surface area contributed by atoms with Crippen molar-refractivity contribution in [2.24, 2.45) is 5.92 Å². The maximum absolute atomic E-state index is 10.1. The van der Waals surface area contributed by atoms with Crippen molar-refractivity contribution in [3.05, 3.63) is 10.1 Å². The molecule has 2 aliphatic carbocycles. The highest BCUT2D eigenvalue weighted by Gasteiger charge is 2.63. The second-order valence-electron chi connectivity index (χ2n) is 3.96. The number of alkyl halides is 2. The van der Waals surface area contributed by atoms with Crippen LogP contribution in [0.3, 0.4) is 0 Å². The topological polar surface area (TPSA) is 26.3 Å². The Bertz CT molecular complexity index is 343. The molecule has 0 spiro atoms. The van der Waals surface area contributed by atoms with Crippen molar-refractivity contribution in [3.63, 3.8) is 0 Å². The molecule has 1 saturated carbocycles. The Hall–Kier alpha value is 0.370. The van der Waals surface area contributed by atoms with Gasteiger partial charge < -0.3 is 4.74 Å². The third kappa shape index (κ3) is 1.57. The molecule has 2 nitrogen and oxygen atoms in total. The van der Waals surface area contributed by atoms with E-state index in [1.807, 2.05) is 0 Å². The summed E-state index contributed by atoms with van der Waals surface area (Å²) in [6, 6.07) is 0. The zero-order chi connectivity index (χ0) is 11.3. The number of rotatable bonds is 3. The Morgan fingerprint density at radius 1 is 1.40 bits per heavy atom. The van der Waals surface area contributed by atoms with E-state index in [1.54, 1.807) is 0 Å². The molecule has 0 unspecified atom stereocenters. The van der Waals surface area contributed by atoms with Gasteiger partial charge in [-0.25, -0.2) is 0 Å². The van der Waals surface area contributed by atoms with Gasteiger partial charge in [0, 0.05) is 5.92 Å². The summed E-state index contributed by atoms with van der Waals surface area (Å²) in [6.07, 6.45) is 1.08. The predicted octanol–water partition coefficient (Wildman–Crippen LogP) is 3.23. The van der Waals surface area contributed by atoms with E-state index in [2.05, 4.69) is 0 Å². The first-order valence-corrected chi connectivity index (χ1v) is 5.94. The van der Waals surface area contributed by atoms with E-state index >= 15 is 0 Å². The van der Waals surface area contributed by atoms with E-state index in [-0.39, 0.29) is 12.5 Å². The summed E-state index contributed by atoms with van der Waals surface area (Å²) in [5.74, 6) is -0.0723. The number of ether oxygens (including phenoxy) is 1. The van der Waals surface area contributed by atoms with Crippen LogP contribution in [0.15, 0.2) is 10.1 Å². The number of hydrogen-bond acceptors (Lipinski definition) is 2. The fraction of sp³-hybridized carbons (Fsp3) is 0.667. The van der Waals surface area contributed by atoms with Crippen molar-refractivity contribution in [2.75, 3.05) is 6.61 Å². The lowest BCUT2D eigenvalue weighted by molar-refractivity contribution is -0.130. The SMILES string of the molecule is O=COC[C@@H]1C[C@]2(Cl)C[C@@]1(Cl)C(Cl)=C2Cl. The second-order valence-corrected chi connectivity index (χ2v) is 6.12. The molecule has 0 radical (unpaired) electrons. The molecule has 0 aromatic heterocycles. The van der Waals surface area contributed by atoms with Gasteiger partial charge in [0.05, 0.1) is 26.4 Å². The van der Waals surface area contributed by atoms with Gasteiger partial charge in [-0.05, 0) is 12.8 Å². The van der Waals surface area contributed by atoms with Gasteiger partial charge in [-0.2, -0.15) is 0 Å². The first-order valence-electron chi connectivity index (χ1n) is 4.43. The molecule has 15 heavy (non-hydrogen) atoms. The Morgan fingerprint density at radius 2 is 2.07 bits per heavy atom. The molecule has 0 aromatic rings. The largest absolute Gasteiger partial charge is 0.468 e. The van der Waals surface area contributed by atoms with Crippen LogP contribution in [-0.4, -0.2) is 22.8 Å². The highest BCUT2D eigenvalue weighted by atomic mass is 35.5. The molecular weight excluding hydrogens is 282 g/mol. The van der Waals surface area contributed by atoms with Crippen LogP contribution < -0.4 is 0 Å². The van der Waals surface area contributed by atoms with E-state index in [4.69, 9.17) is 51.1 Å². The molecular formula is C9H8Cl4O2. The van der Waals surface area contributed by atoms with Gasteiger partial charge in [0.2, 0.25) is 0 Å². The zero-order valence-electron chi connectivity index (χ0n) is 7.60. The summed E-state index contributed by atoms with van der Waals surface area (Å²) >= 11 is 24.7. The average Bonchev–Trinajstić information content (AvgIpc) is 2.54. The van der Waals surface area contributed by atoms with E-state index in [1.165, 1.54) is 0 Å². The molecule has 6 heteroatoms. The molecule has 0 amide bonds. The van der Waals surface area contributed by atoms with E-state index in [0.717, 1.165) is 0 Å². The van der Waals surface area contributed by atoms with E-state index < -0.39 is 9.75 Å². The smallest absolute Gasteiger partial charge is 0.293 e. The lowest BCUT2D eigenvalue weighted by Gasteiger charge is -2.29. The van der Waals surface area contributed by atoms with Gasteiger partial charge in [-0.1, -0.05) is 23.2 Å².